The number of urea groups is 1. The van der Waals surface area contributed by atoms with Crippen LogP contribution in [0.1, 0.15) is 26.0 Å². The van der Waals surface area contributed by atoms with Gasteiger partial charge in [-0.3, -0.25) is 4.79 Å². The molecule has 1 aromatic rings. The number of anilines is 1. The minimum Gasteiger partial charge on any atom is -0.315 e. The van der Waals surface area contributed by atoms with Gasteiger partial charge in [0.15, 0.2) is 0 Å². The SMILES string of the molecule is Cc1cccc(N2C(=O)[C@@H](CC(C)C)N(C)C2=O)n1. The maximum atomic E-state index is 12.4. The van der Waals surface area contributed by atoms with E-state index in [-0.39, 0.29) is 18.0 Å². The Balaban J connectivity index is 2.32. The summed E-state index contributed by atoms with van der Waals surface area (Å²) in [6.07, 6.45) is 0.670. The van der Waals surface area contributed by atoms with E-state index in [1.807, 2.05) is 26.8 Å². The van der Waals surface area contributed by atoms with Gasteiger partial charge in [-0.25, -0.2) is 14.7 Å². The van der Waals surface area contributed by atoms with Gasteiger partial charge in [-0.1, -0.05) is 19.9 Å². The van der Waals surface area contributed by atoms with Crippen LogP contribution in [0.4, 0.5) is 10.6 Å². The van der Waals surface area contributed by atoms with Gasteiger partial charge in [0.05, 0.1) is 0 Å². The molecule has 19 heavy (non-hydrogen) atoms. The van der Waals surface area contributed by atoms with Crippen molar-refractivity contribution in [3.05, 3.63) is 23.9 Å². The van der Waals surface area contributed by atoms with Gasteiger partial charge in [0.25, 0.3) is 5.91 Å². The molecule has 1 aliphatic heterocycles. The Hall–Kier alpha value is -1.91. The summed E-state index contributed by atoms with van der Waals surface area (Å²) in [5.74, 6) is 0.585. The van der Waals surface area contributed by atoms with Crippen molar-refractivity contribution in [2.24, 2.45) is 5.92 Å². The second-order valence-electron chi connectivity index (χ2n) is 5.35. The lowest BCUT2D eigenvalue weighted by molar-refractivity contribution is -0.119. The number of aromatic nitrogens is 1. The normalized spacial score (nSPS) is 19.7. The Bertz CT molecular complexity index is 513. The molecule has 0 bridgehead atoms. The Labute approximate surface area is 113 Å². The second kappa shape index (κ2) is 4.99. The highest BCUT2D eigenvalue weighted by atomic mass is 16.2. The minimum absolute atomic E-state index is 0.181. The van der Waals surface area contributed by atoms with E-state index in [4.69, 9.17) is 0 Å². The van der Waals surface area contributed by atoms with Gasteiger partial charge in [0.1, 0.15) is 11.9 Å². The summed E-state index contributed by atoms with van der Waals surface area (Å²) in [5.41, 5.74) is 0.785. The molecule has 0 saturated carbocycles. The molecule has 0 N–H and O–H groups in total. The molecular formula is C14H19N3O2. The summed E-state index contributed by atoms with van der Waals surface area (Å²) in [6.45, 7) is 5.92. The molecular weight excluding hydrogens is 242 g/mol. The van der Waals surface area contributed by atoms with Crippen molar-refractivity contribution in [2.75, 3.05) is 11.9 Å². The Kier molecular flexibility index (Phi) is 3.55. The number of aryl methyl sites for hydroxylation is 1. The van der Waals surface area contributed by atoms with Crippen molar-refractivity contribution >= 4 is 17.8 Å². The quantitative estimate of drug-likeness (QED) is 0.784. The van der Waals surface area contributed by atoms with Gasteiger partial charge in [0.2, 0.25) is 0 Å². The van der Waals surface area contributed by atoms with Gasteiger partial charge in [-0.2, -0.15) is 0 Å². The number of imide groups is 1. The first-order chi connectivity index (χ1) is 8.91. The largest absolute Gasteiger partial charge is 0.333 e. The monoisotopic (exact) mass is 261 g/mol. The van der Waals surface area contributed by atoms with E-state index in [1.54, 1.807) is 19.2 Å². The highest BCUT2D eigenvalue weighted by Gasteiger charge is 2.44. The lowest BCUT2D eigenvalue weighted by Crippen LogP contribution is -2.32. The molecule has 1 aromatic heterocycles. The molecule has 0 radical (unpaired) electrons. The standard InChI is InChI=1S/C14H19N3O2/c1-9(2)8-11-13(18)17(14(19)16(11)4)12-7-5-6-10(3)15-12/h5-7,9,11H,8H2,1-4H3/t11-/m1/s1. The number of nitrogens with zero attached hydrogens (tertiary/aromatic N) is 3. The maximum Gasteiger partial charge on any atom is 0.333 e. The van der Waals surface area contributed by atoms with Crippen LogP contribution in [0.5, 0.6) is 0 Å². The van der Waals surface area contributed by atoms with Crippen molar-refractivity contribution in [3.8, 4) is 0 Å². The summed E-state index contributed by atoms with van der Waals surface area (Å²) in [5, 5.41) is 0. The van der Waals surface area contributed by atoms with Gasteiger partial charge >= 0.3 is 6.03 Å². The Morgan fingerprint density at radius 1 is 1.32 bits per heavy atom. The number of hydrogen-bond acceptors (Lipinski definition) is 3. The van der Waals surface area contributed by atoms with E-state index >= 15 is 0 Å². The van der Waals surface area contributed by atoms with E-state index < -0.39 is 0 Å². The summed E-state index contributed by atoms with van der Waals surface area (Å²) < 4.78 is 0. The summed E-state index contributed by atoms with van der Waals surface area (Å²) in [6, 6.07) is 4.65. The number of pyridine rings is 1. The zero-order valence-electron chi connectivity index (χ0n) is 11.8. The van der Waals surface area contributed by atoms with Crippen LogP contribution in [0.15, 0.2) is 18.2 Å². The fourth-order valence-corrected chi connectivity index (χ4v) is 2.27. The molecule has 1 atom stereocenters. The highest BCUT2D eigenvalue weighted by Crippen LogP contribution is 2.25. The summed E-state index contributed by atoms with van der Waals surface area (Å²) in [4.78, 5) is 31.6. The molecule has 2 rings (SSSR count). The van der Waals surface area contributed by atoms with Gasteiger partial charge in [-0.15, -0.1) is 0 Å². The van der Waals surface area contributed by atoms with Crippen molar-refractivity contribution < 1.29 is 9.59 Å². The van der Waals surface area contributed by atoms with Crippen molar-refractivity contribution in [1.29, 1.82) is 0 Å². The highest BCUT2D eigenvalue weighted by molar-refractivity contribution is 6.20. The molecule has 102 valence electrons. The average Bonchev–Trinajstić information content (AvgIpc) is 2.53. The van der Waals surface area contributed by atoms with Crippen LogP contribution < -0.4 is 4.90 Å². The maximum absolute atomic E-state index is 12.4. The van der Waals surface area contributed by atoms with Gasteiger partial charge in [-0.05, 0) is 31.4 Å². The number of rotatable bonds is 3. The third-order valence-corrected chi connectivity index (χ3v) is 3.26. The summed E-state index contributed by atoms with van der Waals surface area (Å²) >= 11 is 0. The van der Waals surface area contributed by atoms with E-state index in [0.29, 0.717) is 18.2 Å². The van der Waals surface area contributed by atoms with Crippen molar-refractivity contribution in [1.82, 2.24) is 9.88 Å². The van der Waals surface area contributed by atoms with Crippen molar-refractivity contribution in [2.45, 2.75) is 33.2 Å². The second-order valence-corrected chi connectivity index (χ2v) is 5.35. The zero-order valence-corrected chi connectivity index (χ0v) is 11.8. The van der Waals surface area contributed by atoms with Crippen LogP contribution in [0.3, 0.4) is 0 Å². The molecule has 3 amide bonds. The smallest absolute Gasteiger partial charge is 0.315 e. The van der Waals surface area contributed by atoms with Gasteiger partial charge < -0.3 is 4.90 Å². The minimum atomic E-state index is -0.380. The molecule has 0 spiro atoms. The van der Waals surface area contributed by atoms with Crippen LogP contribution in [0, 0.1) is 12.8 Å². The van der Waals surface area contributed by atoms with Crippen LogP contribution in [-0.4, -0.2) is 34.9 Å². The average molecular weight is 261 g/mol. The topological polar surface area (TPSA) is 53.5 Å². The van der Waals surface area contributed by atoms with E-state index in [0.717, 1.165) is 5.69 Å². The first kappa shape index (κ1) is 13.5. The molecule has 0 aromatic carbocycles. The fourth-order valence-electron chi connectivity index (χ4n) is 2.27. The fraction of sp³-hybridized carbons (Fsp3) is 0.500. The Morgan fingerprint density at radius 2 is 2.00 bits per heavy atom. The molecule has 5 heteroatoms. The number of hydrogen-bond donors (Lipinski definition) is 0. The third-order valence-electron chi connectivity index (χ3n) is 3.26. The molecule has 0 aliphatic carbocycles. The predicted molar refractivity (Wildman–Crippen MR) is 72.9 cm³/mol. The number of amides is 3. The summed E-state index contributed by atoms with van der Waals surface area (Å²) in [7, 11) is 1.67. The molecule has 2 heterocycles. The molecule has 1 aliphatic rings. The lowest BCUT2D eigenvalue weighted by Gasteiger charge is -2.17. The zero-order chi connectivity index (χ0) is 14.2. The van der Waals surface area contributed by atoms with E-state index in [1.165, 1.54) is 9.80 Å². The third kappa shape index (κ3) is 2.45. The van der Waals surface area contributed by atoms with E-state index in [2.05, 4.69) is 4.98 Å². The van der Waals surface area contributed by atoms with Crippen molar-refractivity contribution in [3.63, 3.8) is 0 Å². The van der Waals surface area contributed by atoms with Crippen LogP contribution in [0.25, 0.3) is 0 Å². The lowest BCUT2D eigenvalue weighted by atomic mass is 10.0. The molecule has 1 saturated heterocycles. The molecule has 1 fully saturated rings. The number of carbonyl (C=O) groups is 2. The predicted octanol–water partition coefficient (Wildman–Crippen LogP) is 2.20. The molecule has 5 nitrogen and oxygen atoms in total. The Morgan fingerprint density at radius 3 is 2.58 bits per heavy atom. The van der Waals surface area contributed by atoms with E-state index in [9.17, 15) is 9.59 Å². The van der Waals surface area contributed by atoms with Crippen LogP contribution >= 0.6 is 0 Å². The molecule has 0 unspecified atom stereocenters. The van der Waals surface area contributed by atoms with Gasteiger partial charge in [0, 0.05) is 12.7 Å². The first-order valence-corrected chi connectivity index (χ1v) is 6.46. The number of likely N-dealkylation sites (N-methyl/N-ethyl adjacent to an activating group) is 1. The van der Waals surface area contributed by atoms with Crippen LogP contribution in [0.2, 0.25) is 0 Å². The number of carbonyl (C=O) groups excluding carboxylic acids is 2. The van der Waals surface area contributed by atoms with Crippen LogP contribution in [-0.2, 0) is 4.79 Å². The first-order valence-electron chi connectivity index (χ1n) is 6.46.